The van der Waals surface area contributed by atoms with Crippen molar-refractivity contribution in [3.63, 3.8) is 0 Å². The van der Waals surface area contributed by atoms with Gasteiger partial charge in [-0.15, -0.1) is 0 Å². The molecule has 3 rings (SSSR count). The van der Waals surface area contributed by atoms with E-state index in [1.54, 1.807) is 0 Å². The summed E-state index contributed by atoms with van der Waals surface area (Å²) >= 11 is 4.51. The van der Waals surface area contributed by atoms with Crippen molar-refractivity contribution >= 4 is 54.5 Å². The summed E-state index contributed by atoms with van der Waals surface area (Å²) in [7, 11) is 0. The van der Waals surface area contributed by atoms with Crippen LogP contribution >= 0.6 is 27.3 Å². The minimum absolute atomic E-state index is 0.120. The molecule has 0 radical (unpaired) electrons. The number of hydrogen-bond donors (Lipinski definition) is 2. The number of phenolic OH excluding ortho intramolecular Hbond substituents is 1. The summed E-state index contributed by atoms with van der Waals surface area (Å²) in [5, 5.41) is 25.3. The first-order valence-electron chi connectivity index (χ1n) is 6.36. The second-order valence-corrected chi connectivity index (χ2v) is 6.36. The van der Waals surface area contributed by atoms with Gasteiger partial charge in [0, 0.05) is 17.7 Å². The van der Waals surface area contributed by atoms with E-state index in [-0.39, 0.29) is 21.5 Å². The monoisotopic (exact) mass is 392 g/mol. The van der Waals surface area contributed by atoms with Crippen LogP contribution in [0.3, 0.4) is 0 Å². The first kappa shape index (κ1) is 15.4. The molecular formula is C14H9BrN4O3S. The number of non-ortho nitro benzene ring substituents is 1. The van der Waals surface area contributed by atoms with Crippen LogP contribution in [0.15, 0.2) is 46.0 Å². The largest absolute Gasteiger partial charge is 0.506 e. The Morgan fingerprint density at radius 2 is 2.17 bits per heavy atom. The maximum absolute atomic E-state index is 10.8. The molecule has 2 aromatic carbocycles. The van der Waals surface area contributed by atoms with Crippen molar-refractivity contribution in [3.05, 3.63) is 56.5 Å². The molecule has 0 bridgehead atoms. The normalized spacial score (nSPS) is 11.2. The number of aromatic nitrogens is 1. The van der Waals surface area contributed by atoms with Gasteiger partial charge in [-0.05, 0) is 28.1 Å². The van der Waals surface area contributed by atoms with Crippen molar-refractivity contribution in [2.24, 2.45) is 5.10 Å². The lowest BCUT2D eigenvalue weighted by atomic mass is 10.2. The van der Waals surface area contributed by atoms with Crippen LogP contribution in [-0.2, 0) is 0 Å². The predicted octanol–water partition coefficient (Wildman–Crippen LogP) is 4.12. The molecule has 23 heavy (non-hydrogen) atoms. The number of aromatic hydroxyl groups is 1. The molecule has 0 aliphatic rings. The van der Waals surface area contributed by atoms with Crippen molar-refractivity contribution in [2.75, 3.05) is 5.43 Å². The van der Waals surface area contributed by atoms with E-state index in [1.807, 2.05) is 24.3 Å². The highest BCUT2D eigenvalue weighted by Crippen LogP contribution is 2.31. The summed E-state index contributed by atoms with van der Waals surface area (Å²) in [6.07, 6.45) is 1.30. The Morgan fingerprint density at radius 3 is 2.91 bits per heavy atom. The molecule has 1 aromatic heterocycles. The van der Waals surface area contributed by atoms with Gasteiger partial charge in [-0.1, -0.05) is 23.5 Å². The maximum Gasteiger partial charge on any atom is 0.271 e. The number of nitro benzene ring substituents is 1. The first-order valence-corrected chi connectivity index (χ1v) is 7.97. The minimum Gasteiger partial charge on any atom is -0.506 e. The Labute approximate surface area is 142 Å². The topological polar surface area (TPSA) is 101 Å². The number of phenols is 1. The van der Waals surface area contributed by atoms with Crippen molar-refractivity contribution < 1.29 is 10.0 Å². The molecule has 2 N–H and O–H groups in total. The molecular weight excluding hydrogens is 384 g/mol. The third-order valence-electron chi connectivity index (χ3n) is 2.95. The first-order chi connectivity index (χ1) is 11.0. The van der Waals surface area contributed by atoms with E-state index in [0.717, 1.165) is 10.2 Å². The van der Waals surface area contributed by atoms with E-state index in [0.29, 0.717) is 5.13 Å². The van der Waals surface area contributed by atoms with Crippen LogP contribution in [0.25, 0.3) is 10.2 Å². The average Bonchev–Trinajstić information content (AvgIpc) is 2.93. The number of fused-ring (bicyclic) bond motifs is 1. The molecule has 116 valence electrons. The van der Waals surface area contributed by atoms with Crippen LogP contribution in [0.5, 0.6) is 5.75 Å². The fourth-order valence-electron chi connectivity index (χ4n) is 1.89. The van der Waals surface area contributed by atoms with E-state index < -0.39 is 4.92 Å². The number of halogens is 1. The molecule has 0 aliphatic carbocycles. The van der Waals surface area contributed by atoms with Crippen LogP contribution in [0.2, 0.25) is 0 Å². The SMILES string of the molecule is O=[N+]([O-])c1cc(Br)c(O)c(/C=N\Nc2nc3ccccc3s2)c1. The fourth-order valence-corrected chi connectivity index (χ4v) is 3.17. The highest BCUT2D eigenvalue weighted by Gasteiger charge is 2.13. The maximum atomic E-state index is 10.8. The number of hydrazone groups is 1. The van der Waals surface area contributed by atoms with Gasteiger partial charge in [-0.2, -0.15) is 5.10 Å². The standard InChI is InChI=1S/C14H9BrN4O3S/c15-10-6-9(19(21)22)5-8(13(10)20)7-16-18-14-17-11-3-1-2-4-12(11)23-14/h1-7,20H,(H,17,18)/b16-7-. The van der Waals surface area contributed by atoms with Crippen LogP contribution in [0.1, 0.15) is 5.56 Å². The number of benzene rings is 2. The van der Waals surface area contributed by atoms with Crippen molar-refractivity contribution in [3.8, 4) is 5.75 Å². The number of anilines is 1. The van der Waals surface area contributed by atoms with Gasteiger partial charge >= 0.3 is 0 Å². The predicted molar refractivity (Wildman–Crippen MR) is 93.3 cm³/mol. The van der Waals surface area contributed by atoms with E-state index in [2.05, 4.69) is 31.4 Å². The zero-order valence-electron chi connectivity index (χ0n) is 11.4. The lowest BCUT2D eigenvalue weighted by molar-refractivity contribution is -0.385. The Balaban J connectivity index is 1.83. The van der Waals surface area contributed by atoms with Gasteiger partial charge in [0.05, 0.1) is 25.8 Å². The minimum atomic E-state index is -0.539. The van der Waals surface area contributed by atoms with E-state index in [1.165, 1.54) is 29.7 Å². The zero-order chi connectivity index (χ0) is 16.4. The number of nitrogens with one attached hydrogen (secondary N) is 1. The molecule has 9 heteroatoms. The Hall–Kier alpha value is -2.52. The molecule has 0 aliphatic heterocycles. The third-order valence-corrected chi connectivity index (χ3v) is 4.49. The molecule has 0 atom stereocenters. The summed E-state index contributed by atoms with van der Waals surface area (Å²) in [5.74, 6) is -0.120. The lowest BCUT2D eigenvalue weighted by Crippen LogP contribution is -1.94. The molecule has 0 saturated carbocycles. The number of para-hydroxylation sites is 1. The van der Waals surface area contributed by atoms with Crippen LogP contribution in [0, 0.1) is 10.1 Å². The van der Waals surface area contributed by atoms with Gasteiger partial charge in [-0.3, -0.25) is 15.5 Å². The average molecular weight is 393 g/mol. The number of hydrogen-bond acceptors (Lipinski definition) is 7. The number of nitrogens with zero attached hydrogens (tertiary/aromatic N) is 3. The highest BCUT2D eigenvalue weighted by atomic mass is 79.9. The Bertz CT molecular complexity index is 893. The summed E-state index contributed by atoms with van der Waals surface area (Å²) in [5.41, 5.74) is 3.70. The molecule has 0 amide bonds. The number of thiazole rings is 1. The van der Waals surface area contributed by atoms with E-state index >= 15 is 0 Å². The molecule has 1 heterocycles. The smallest absolute Gasteiger partial charge is 0.271 e. The zero-order valence-corrected chi connectivity index (χ0v) is 13.8. The third kappa shape index (κ3) is 3.30. The lowest BCUT2D eigenvalue weighted by Gasteiger charge is -2.01. The molecule has 0 spiro atoms. The van der Waals surface area contributed by atoms with Gasteiger partial charge in [0.1, 0.15) is 5.75 Å². The summed E-state index contributed by atoms with van der Waals surface area (Å²) in [4.78, 5) is 14.7. The Morgan fingerprint density at radius 1 is 1.39 bits per heavy atom. The Kier molecular flexibility index (Phi) is 4.22. The quantitative estimate of drug-likeness (QED) is 0.395. The molecule has 3 aromatic rings. The second-order valence-electron chi connectivity index (χ2n) is 4.48. The van der Waals surface area contributed by atoms with Crippen molar-refractivity contribution in [1.29, 1.82) is 0 Å². The summed E-state index contributed by atoms with van der Waals surface area (Å²) in [6, 6.07) is 10.1. The van der Waals surface area contributed by atoms with Gasteiger partial charge in [0.2, 0.25) is 5.13 Å². The van der Waals surface area contributed by atoms with Crippen LogP contribution in [0.4, 0.5) is 10.8 Å². The van der Waals surface area contributed by atoms with Crippen molar-refractivity contribution in [1.82, 2.24) is 4.98 Å². The van der Waals surface area contributed by atoms with Crippen LogP contribution in [-0.4, -0.2) is 21.2 Å². The van der Waals surface area contributed by atoms with Gasteiger partial charge in [0.15, 0.2) is 0 Å². The molecule has 0 unspecified atom stereocenters. The summed E-state index contributed by atoms with van der Waals surface area (Å²) < 4.78 is 1.25. The van der Waals surface area contributed by atoms with E-state index in [9.17, 15) is 15.2 Å². The van der Waals surface area contributed by atoms with Gasteiger partial charge in [-0.25, -0.2) is 4.98 Å². The fraction of sp³-hybridized carbons (Fsp3) is 0. The highest BCUT2D eigenvalue weighted by molar-refractivity contribution is 9.10. The molecule has 0 saturated heterocycles. The number of rotatable bonds is 4. The van der Waals surface area contributed by atoms with Gasteiger partial charge < -0.3 is 5.11 Å². The second kappa shape index (κ2) is 6.31. The van der Waals surface area contributed by atoms with E-state index in [4.69, 9.17) is 0 Å². The van der Waals surface area contributed by atoms with Crippen LogP contribution < -0.4 is 5.43 Å². The number of nitro groups is 1. The molecule has 7 nitrogen and oxygen atoms in total. The summed E-state index contributed by atoms with van der Waals surface area (Å²) in [6.45, 7) is 0. The molecule has 0 fully saturated rings. The van der Waals surface area contributed by atoms with Gasteiger partial charge in [0.25, 0.3) is 5.69 Å². The van der Waals surface area contributed by atoms with Crippen molar-refractivity contribution in [2.45, 2.75) is 0 Å².